The molecule has 160 valence electrons. The van der Waals surface area contributed by atoms with Crippen LogP contribution >= 0.6 is 0 Å². The topological polar surface area (TPSA) is 82.1 Å². The highest BCUT2D eigenvalue weighted by Crippen LogP contribution is 2.25. The minimum atomic E-state index is -3.93. The molecule has 7 nitrogen and oxygen atoms in total. The normalized spacial score (nSPS) is 12.0. The van der Waals surface area contributed by atoms with Gasteiger partial charge in [0.25, 0.3) is 0 Å². The number of ether oxygens (including phenoxy) is 3. The van der Waals surface area contributed by atoms with Crippen LogP contribution in [0.1, 0.15) is 6.42 Å². The molecule has 2 rings (SSSR count). The van der Waals surface area contributed by atoms with Gasteiger partial charge in [-0.25, -0.2) is 8.42 Å². The lowest BCUT2D eigenvalue weighted by Gasteiger charge is -2.24. The van der Waals surface area contributed by atoms with E-state index in [0.29, 0.717) is 0 Å². The summed E-state index contributed by atoms with van der Waals surface area (Å²) in [6, 6.07) is 12.8. The Balaban J connectivity index is 2.26. The molecular weight excluding hydrogens is 406 g/mol. The number of carbonyl (C=O) groups excluding carboxylic acids is 1. The Morgan fingerprint density at radius 3 is 2.03 bits per heavy atom. The minimum Gasteiger partial charge on any atom is -0.497 e. The van der Waals surface area contributed by atoms with Crippen molar-refractivity contribution in [3.8, 4) is 28.7 Å². The third-order valence-electron chi connectivity index (χ3n) is 4.50. The Hall–Kier alpha value is -2.86. The molecule has 2 aromatic rings. The predicted molar refractivity (Wildman–Crippen MR) is 113 cm³/mol. The van der Waals surface area contributed by atoms with Crippen LogP contribution in [0.2, 0.25) is 0 Å². The van der Waals surface area contributed by atoms with Crippen LogP contribution < -0.4 is 4.74 Å². The van der Waals surface area contributed by atoms with Crippen molar-refractivity contribution in [3.05, 3.63) is 48.5 Å². The van der Waals surface area contributed by atoms with Gasteiger partial charge >= 0.3 is 5.97 Å². The van der Waals surface area contributed by atoms with Gasteiger partial charge in [0, 0.05) is 20.6 Å². The van der Waals surface area contributed by atoms with E-state index in [2.05, 4.69) is 11.8 Å². The Morgan fingerprint density at radius 2 is 1.53 bits per heavy atom. The SMILES string of the molecule is COCC#CCC(C(=O)OC)N(C)S(=O)(=O)c1ccc(-c2ccc(OC)cc2)cc1. The van der Waals surface area contributed by atoms with Gasteiger partial charge in [0.05, 0.1) is 19.1 Å². The van der Waals surface area contributed by atoms with E-state index in [1.54, 1.807) is 19.2 Å². The van der Waals surface area contributed by atoms with Crippen LogP contribution in [0.5, 0.6) is 5.75 Å². The number of rotatable bonds is 8. The Labute approximate surface area is 177 Å². The first-order valence-electron chi connectivity index (χ1n) is 9.10. The van der Waals surface area contributed by atoms with E-state index in [9.17, 15) is 13.2 Å². The Bertz CT molecular complexity index is 1000. The molecule has 0 aromatic heterocycles. The number of nitrogens with zero attached hydrogens (tertiary/aromatic N) is 1. The predicted octanol–water partition coefficient (Wildman–Crippen LogP) is 2.56. The zero-order valence-corrected chi connectivity index (χ0v) is 18.2. The summed E-state index contributed by atoms with van der Waals surface area (Å²) in [5.41, 5.74) is 1.78. The lowest BCUT2D eigenvalue weighted by Crippen LogP contribution is -2.42. The maximum Gasteiger partial charge on any atom is 0.325 e. The molecule has 1 atom stereocenters. The molecule has 0 spiro atoms. The molecule has 0 bridgehead atoms. The van der Waals surface area contributed by atoms with Gasteiger partial charge in [0.15, 0.2) is 0 Å². The molecule has 0 heterocycles. The Kier molecular flexibility index (Phi) is 8.42. The van der Waals surface area contributed by atoms with Crippen LogP contribution in [0.3, 0.4) is 0 Å². The molecule has 30 heavy (non-hydrogen) atoms. The number of hydrogen-bond acceptors (Lipinski definition) is 6. The van der Waals surface area contributed by atoms with E-state index in [-0.39, 0.29) is 17.9 Å². The van der Waals surface area contributed by atoms with Gasteiger partial charge in [0.2, 0.25) is 10.0 Å². The van der Waals surface area contributed by atoms with Gasteiger partial charge in [-0.2, -0.15) is 4.31 Å². The quantitative estimate of drug-likeness (QED) is 0.472. The van der Waals surface area contributed by atoms with Crippen LogP contribution in [0.25, 0.3) is 11.1 Å². The molecule has 0 aliphatic rings. The molecule has 0 N–H and O–H groups in total. The number of sulfonamides is 1. The van der Waals surface area contributed by atoms with Crippen molar-refractivity contribution in [3.63, 3.8) is 0 Å². The monoisotopic (exact) mass is 431 g/mol. The molecular formula is C22H25NO6S. The third-order valence-corrected chi connectivity index (χ3v) is 6.38. The molecule has 0 amide bonds. The molecule has 0 aliphatic carbocycles. The van der Waals surface area contributed by atoms with E-state index in [4.69, 9.17) is 14.2 Å². The average molecular weight is 432 g/mol. The first-order chi connectivity index (χ1) is 14.3. The van der Waals surface area contributed by atoms with Gasteiger partial charge in [-0.3, -0.25) is 4.79 Å². The molecule has 2 aromatic carbocycles. The van der Waals surface area contributed by atoms with E-state index in [0.717, 1.165) is 21.2 Å². The summed E-state index contributed by atoms with van der Waals surface area (Å²) in [4.78, 5) is 12.2. The number of carbonyl (C=O) groups is 1. The second-order valence-corrected chi connectivity index (χ2v) is 8.30. The van der Waals surface area contributed by atoms with Crippen molar-refractivity contribution in [1.82, 2.24) is 4.31 Å². The molecule has 0 saturated heterocycles. The number of esters is 1. The third kappa shape index (κ3) is 5.60. The maximum atomic E-state index is 13.0. The molecule has 0 radical (unpaired) electrons. The highest BCUT2D eigenvalue weighted by atomic mass is 32.2. The number of benzene rings is 2. The lowest BCUT2D eigenvalue weighted by atomic mass is 10.1. The number of hydrogen-bond donors (Lipinski definition) is 0. The summed E-state index contributed by atoms with van der Waals surface area (Å²) in [6.45, 7) is 0.192. The molecule has 8 heteroatoms. The zero-order valence-electron chi connectivity index (χ0n) is 17.4. The van der Waals surface area contributed by atoms with Gasteiger partial charge < -0.3 is 14.2 Å². The van der Waals surface area contributed by atoms with Crippen LogP contribution in [0.4, 0.5) is 0 Å². The maximum absolute atomic E-state index is 13.0. The second kappa shape index (κ2) is 10.8. The van der Waals surface area contributed by atoms with Crippen LogP contribution in [-0.4, -0.2) is 59.7 Å². The van der Waals surface area contributed by atoms with Gasteiger partial charge in [-0.1, -0.05) is 36.1 Å². The van der Waals surface area contributed by atoms with Crippen LogP contribution in [-0.2, 0) is 24.3 Å². The largest absolute Gasteiger partial charge is 0.497 e. The summed E-state index contributed by atoms with van der Waals surface area (Å²) in [6.07, 6.45) is -0.00427. The van der Waals surface area contributed by atoms with Crippen molar-refractivity contribution in [1.29, 1.82) is 0 Å². The van der Waals surface area contributed by atoms with Crippen molar-refractivity contribution >= 4 is 16.0 Å². The van der Waals surface area contributed by atoms with E-state index >= 15 is 0 Å². The minimum absolute atomic E-state index is 0.00427. The van der Waals surface area contributed by atoms with Crippen LogP contribution in [0, 0.1) is 11.8 Å². The summed E-state index contributed by atoms with van der Waals surface area (Å²) in [5.74, 6) is 5.53. The molecule has 0 fully saturated rings. The van der Waals surface area contributed by atoms with E-state index < -0.39 is 22.0 Å². The smallest absolute Gasteiger partial charge is 0.325 e. The summed E-state index contributed by atoms with van der Waals surface area (Å²) >= 11 is 0. The van der Waals surface area contributed by atoms with Gasteiger partial charge in [0.1, 0.15) is 18.4 Å². The molecule has 0 aliphatic heterocycles. The van der Waals surface area contributed by atoms with Gasteiger partial charge in [-0.15, -0.1) is 0 Å². The Morgan fingerprint density at radius 1 is 0.967 bits per heavy atom. The highest BCUT2D eigenvalue weighted by Gasteiger charge is 2.33. The fraction of sp³-hybridized carbons (Fsp3) is 0.318. The highest BCUT2D eigenvalue weighted by molar-refractivity contribution is 7.89. The van der Waals surface area contributed by atoms with Crippen molar-refractivity contribution < 1.29 is 27.4 Å². The van der Waals surface area contributed by atoms with E-state index in [1.807, 2.05) is 24.3 Å². The second-order valence-electron chi connectivity index (χ2n) is 6.30. The van der Waals surface area contributed by atoms with Crippen LogP contribution in [0.15, 0.2) is 53.4 Å². The summed E-state index contributed by atoms with van der Waals surface area (Å²) in [7, 11) is 1.71. The fourth-order valence-corrected chi connectivity index (χ4v) is 4.03. The first-order valence-corrected chi connectivity index (χ1v) is 10.5. The van der Waals surface area contributed by atoms with Crippen molar-refractivity contribution in [2.24, 2.45) is 0 Å². The fourth-order valence-electron chi connectivity index (χ4n) is 2.73. The summed E-state index contributed by atoms with van der Waals surface area (Å²) in [5, 5.41) is 0. The van der Waals surface area contributed by atoms with Crippen molar-refractivity contribution in [2.45, 2.75) is 17.4 Å². The van der Waals surface area contributed by atoms with E-state index in [1.165, 1.54) is 33.4 Å². The average Bonchev–Trinajstić information content (AvgIpc) is 2.78. The molecule has 0 saturated carbocycles. The summed E-state index contributed by atoms with van der Waals surface area (Å²) < 4.78 is 41.8. The van der Waals surface area contributed by atoms with Gasteiger partial charge in [-0.05, 0) is 35.4 Å². The van der Waals surface area contributed by atoms with Crippen molar-refractivity contribution in [2.75, 3.05) is 35.0 Å². The lowest BCUT2D eigenvalue weighted by molar-refractivity contribution is -0.144. The molecule has 1 unspecified atom stereocenters. The number of methoxy groups -OCH3 is 3. The first kappa shape index (κ1) is 23.4. The number of likely N-dealkylation sites (N-methyl/N-ethyl adjacent to an activating group) is 1. The standard InChI is InChI=1S/C22H25NO6S/c1-23(21(22(24)29-4)7-5-6-16-27-2)30(25,26)20-14-10-18(11-15-20)17-8-12-19(28-3)13-9-17/h8-15,21H,7,16H2,1-4H3. The zero-order chi connectivity index (χ0) is 22.1.